The zero-order chi connectivity index (χ0) is 78.3. The Morgan fingerprint density at radius 3 is 0.797 bits per heavy atom. The second kappa shape index (κ2) is 28.9. The Bertz CT molecular complexity index is 7630. The molecule has 0 aliphatic heterocycles. The molecule has 0 saturated heterocycles. The molecule has 118 heavy (non-hydrogen) atoms. The van der Waals surface area contributed by atoms with Crippen molar-refractivity contribution < 1.29 is 0 Å². The summed E-state index contributed by atoms with van der Waals surface area (Å²) in [4.78, 5) is 0. The molecule has 4 heteroatoms. The minimum absolute atomic E-state index is 1.10. The smallest absolute Gasteiger partial charge is 0.0547 e. The summed E-state index contributed by atoms with van der Waals surface area (Å²) in [5, 5.41) is 8.65. The molecular formula is C114H78N4. The summed E-state index contributed by atoms with van der Waals surface area (Å²) in [6.45, 7) is 4.32. The zero-order valence-corrected chi connectivity index (χ0v) is 65.4. The van der Waals surface area contributed by atoms with E-state index in [-0.39, 0.29) is 0 Å². The van der Waals surface area contributed by atoms with Crippen LogP contribution < -0.4 is 0 Å². The number of rotatable bonds is 15. The van der Waals surface area contributed by atoms with E-state index in [1.807, 2.05) is 0 Å². The minimum atomic E-state index is 1.10. The molecule has 0 aliphatic carbocycles. The van der Waals surface area contributed by atoms with E-state index in [2.05, 4.69) is 469 Å². The maximum atomic E-state index is 2.45. The lowest BCUT2D eigenvalue weighted by Crippen LogP contribution is -1.97. The molecule has 4 nitrogen and oxygen atoms in total. The van der Waals surface area contributed by atoms with Crippen LogP contribution in [0.4, 0.5) is 0 Å². The van der Waals surface area contributed by atoms with Gasteiger partial charge in [-0.15, -0.1) is 0 Å². The molecular weight excluding hydrogens is 1430 g/mol. The third-order valence-corrected chi connectivity index (χ3v) is 24.2. The van der Waals surface area contributed by atoms with E-state index >= 15 is 0 Å². The van der Waals surface area contributed by atoms with Crippen LogP contribution >= 0.6 is 0 Å². The van der Waals surface area contributed by atoms with Gasteiger partial charge < -0.3 is 18.3 Å². The summed E-state index contributed by atoms with van der Waals surface area (Å²) in [6.07, 6.45) is 4.36. The lowest BCUT2D eigenvalue weighted by atomic mass is 9.90. The summed E-state index contributed by atoms with van der Waals surface area (Å²) >= 11 is 0. The van der Waals surface area contributed by atoms with Gasteiger partial charge in [-0.25, -0.2) is 0 Å². The monoisotopic (exact) mass is 1500 g/mol. The van der Waals surface area contributed by atoms with Crippen molar-refractivity contribution in [2.45, 2.75) is 13.8 Å². The van der Waals surface area contributed by atoms with Gasteiger partial charge in [0.1, 0.15) is 0 Å². The Balaban J connectivity index is 0.582. The maximum Gasteiger partial charge on any atom is 0.0547 e. The van der Waals surface area contributed by atoms with E-state index in [1.54, 1.807) is 0 Å². The molecule has 0 radical (unpaired) electrons. The minimum Gasteiger partial charge on any atom is -0.310 e. The van der Waals surface area contributed by atoms with Crippen molar-refractivity contribution in [1.82, 2.24) is 18.3 Å². The van der Waals surface area contributed by atoms with Crippen molar-refractivity contribution in [2.75, 3.05) is 0 Å². The number of hydrogen-bond acceptors (Lipinski definition) is 0. The highest BCUT2D eigenvalue weighted by molar-refractivity contribution is 6.13. The molecule has 0 spiro atoms. The lowest BCUT2D eigenvalue weighted by molar-refractivity contribution is 1.10. The zero-order valence-electron chi connectivity index (χ0n) is 65.4. The third kappa shape index (κ3) is 12.2. The van der Waals surface area contributed by atoms with Crippen LogP contribution in [-0.4, -0.2) is 18.3 Å². The Morgan fingerprint density at radius 2 is 0.398 bits per heavy atom. The van der Waals surface area contributed by atoms with Gasteiger partial charge in [0.2, 0.25) is 0 Å². The van der Waals surface area contributed by atoms with Gasteiger partial charge >= 0.3 is 0 Å². The highest BCUT2D eigenvalue weighted by Crippen LogP contribution is 2.44. The van der Waals surface area contributed by atoms with E-state index in [4.69, 9.17) is 0 Å². The highest BCUT2D eigenvalue weighted by Gasteiger charge is 2.22. The summed E-state index contributed by atoms with van der Waals surface area (Å²) in [7, 11) is 0. The predicted octanol–water partition coefficient (Wildman–Crippen LogP) is 30.9. The molecule has 0 N–H and O–H groups in total. The van der Waals surface area contributed by atoms with E-state index in [0.29, 0.717) is 0 Å². The largest absolute Gasteiger partial charge is 0.310 e. The molecule has 0 amide bonds. The maximum absolute atomic E-state index is 2.45. The average molecular weight is 1500 g/mol. The van der Waals surface area contributed by atoms with Crippen LogP contribution in [-0.2, 0) is 0 Å². The molecule has 18 aromatic carbocycles. The van der Waals surface area contributed by atoms with Crippen LogP contribution in [0.15, 0.2) is 431 Å². The number of allylic oxidation sites excluding steroid dienone is 1. The number of aromatic nitrogens is 4. The number of benzene rings is 18. The summed E-state index contributed by atoms with van der Waals surface area (Å²) in [5.41, 5.74) is 38.5. The first-order valence-electron chi connectivity index (χ1n) is 40.8. The van der Waals surface area contributed by atoms with Crippen molar-refractivity contribution in [3.8, 4) is 134 Å². The van der Waals surface area contributed by atoms with Crippen molar-refractivity contribution in [1.29, 1.82) is 0 Å². The summed E-state index contributed by atoms with van der Waals surface area (Å²) < 4.78 is 9.66. The number of hydrogen-bond donors (Lipinski definition) is 0. The number of aryl methyl sites for hydroxylation is 1. The topological polar surface area (TPSA) is 19.7 Å². The van der Waals surface area contributed by atoms with Crippen LogP contribution in [0.2, 0.25) is 0 Å². The molecule has 0 atom stereocenters. The average Bonchev–Trinajstić information content (AvgIpc) is 1.59. The second-order valence-corrected chi connectivity index (χ2v) is 31.2. The molecule has 0 unspecified atom stereocenters. The van der Waals surface area contributed by atoms with Crippen LogP contribution in [0.1, 0.15) is 18.2 Å². The Morgan fingerprint density at radius 1 is 0.161 bits per heavy atom. The Labute approximate surface area is 685 Å². The first-order chi connectivity index (χ1) is 58.3. The van der Waals surface area contributed by atoms with E-state index < -0.39 is 0 Å². The molecule has 0 aliphatic rings. The van der Waals surface area contributed by atoms with E-state index in [1.165, 1.54) is 121 Å². The van der Waals surface area contributed by atoms with Gasteiger partial charge in [-0.1, -0.05) is 273 Å². The Hall–Kier alpha value is -15.4. The summed E-state index contributed by atoms with van der Waals surface area (Å²) in [6, 6.07) is 157. The van der Waals surface area contributed by atoms with Crippen LogP contribution in [0.25, 0.3) is 216 Å². The van der Waals surface area contributed by atoms with Gasteiger partial charge in [0.25, 0.3) is 0 Å². The van der Waals surface area contributed by atoms with E-state index in [0.717, 1.165) is 100 Å². The van der Waals surface area contributed by atoms with Gasteiger partial charge in [-0.2, -0.15) is 0 Å². The van der Waals surface area contributed by atoms with E-state index in [9.17, 15) is 0 Å². The molecule has 22 aromatic rings. The van der Waals surface area contributed by atoms with Gasteiger partial charge in [0.15, 0.2) is 0 Å². The Kier molecular flexibility index (Phi) is 17.0. The predicted molar refractivity (Wildman–Crippen MR) is 500 cm³/mol. The second-order valence-electron chi connectivity index (χ2n) is 31.2. The molecule has 22 rings (SSSR count). The fourth-order valence-electron chi connectivity index (χ4n) is 18.5. The molecule has 554 valence electrons. The van der Waals surface area contributed by atoms with Crippen LogP contribution in [0, 0.1) is 6.92 Å². The van der Waals surface area contributed by atoms with Crippen molar-refractivity contribution in [2.24, 2.45) is 0 Å². The van der Waals surface area contributed by atoms with Gasteiger partial charge in [-0.3, -0.25) is 0 Å². The quantitative estimate of drug-likeness (QED) is 0.0975. The number of para-hydroxylation sites is 5. The number of nitrogens with zero attached hydrogens (tertiary/aromatic N) is 4. The van der Waals surface area contributed by atoms with Crippen LogP contribution in [0.5, 0.6) is 0 Å². The van der Waals surface area contributed by atoms with Crippen LogP contribution in [0.3, 0.4) is 0 Å². The third-order valence-electron chi connectivity index (χ3n) is 24.2. The van der Waals surface area contributed by atoms with Gasteiger partial charge in [0, 0.05) is 66.1 Å². The fraction of sp³-hybridized carbons (Fsp3) is 0.0175. The molecule has 0 fully saturated rings. The first-order valence-corrected chi connectivity index (χ1v) is 40.8. The standard InChI is InChI=1S/C114H78N4/c1-3-24-107-75(2)100-33-13-18-38-108(100)115(107)96-55-45-81(46-56-96)91-65-88(77-27-9-5-10-28-77)69-94(71-91)95-70-89(78-29-11-6-12-30-78)66-92(72-95)82-47-57-98(58-48-82)117-112-42-22-17-37-104(112)106-73-85(52-62-113(106)117)86-51-61-105-103-36-16-21-41-111(103)118(114(105)74-86)99-59-49-80(50-60-99)90-64-87(76-25-7-4-8-26-76)67-93(68-90)84-32-23-31-83(63-84)79-43-53-97(54-44-79)116-109-39-19-14-34-101(109)102-35-15-20-40-110(102)116/h3-74H,1-2H3/b24-3-. The van der Waals surface area contributed by atoms with Crippen molar-refractivity contribution in [3.63, 3.8) is 0 Å². The number of fused-ring (bicyclic) bond motifs is 10. The van der Waals surface area contributed by atoms with Gasteiger partial charge in [0.05, 0.1) is 38.6 Å². The van der Waals surface area contributed by atoms with Crippen molar-refractivity contribution >= 4 is 82.4 Å². The van der Waals surface area contributed by atoms with Gasteiger partial charge in [-0.05, 0) is 294 Å². The molecule has 4 heterocycles. The fourth-order valence-corrected chi connectivity index (χ4v) is 18.5. The normalized spacial score (nSPS) is 11.8. The lowest BCUT2D eigenvalue weighted by Gasteiger charge is -2.16. The van der Waals surface area contributed by atoms with Crippen molar-refractivity contribution in [3.05, 3.63) is 442 Å². The first kappa shape index (κ1) is 69.4. The SMILES string of the molecule is C/C=C\c1c(C)c2ccccc2n1-c1ccc(-c2cc(-c3ccccc3)cc(-c3cc(-c4ccccc4)cc(-c4ccc(-n5c6ccccc6c6cc(-c7ccc8c9ccccc9n(-c9ccc(-c%10cc(-c%11ccccc%11)cc(-c%11cccc(-c%12ccc(-n%13c%14ccccc%14c%14ccccc%14%13)cc%12)c%11)c%10)cc9)c8c7)ccc65)cc4)c3)c2)cc1. The molecule has 0 bridgehead atoms. The molecule has 4 aromatic heterocycles. The summed E-state index contributed by atoms with van der Waals surface area (Å²) in [5.74, 6) is 0. The highest BCUT2D eigenvalue weighted by atomic mass is 15.0. The molecule has 0 saturated carbocycles.